The molecule has 1 unspecified atom stereocenters. The Morgan fingerprint density at radius 3 is 2.70 bits per heavy atom. The van der Waals surface area contributed by atoms with E-state index >= 15 is 0 Å². The summed E-state index contributed by atoms with van der Waals surface area (Å²) in [4.78, 5) is 4.24. The molecule has 0 fully saturated rings. The van der Waals surface area contributed by atoms with Gasteiger partial charge in [0.05, 0.1) is 0 Å². The first-order chi connectivity index (χ1) is 9.66. The summed E-state index contributed by atoms with van der Waals surface area (Å²) in [7, 11) is 0. The van der Waals surface area contributed by atoms with E-state index in [1.807, 2.05) is 55.6 Å². The van der Waals surface area contributed by atoms with Crippen LogP contribution in [0.25, 0.3) is 10.8 Å². The van der Waals surface area contributed by atoms with Crippen molar-refractivity contribution >= 4 is 26.7 Å². The minimum atomic E-state index is -0.692. The van der Waals surface area contributed by atoms with Gasteiger partial charge in [0.1, 0.15) is 6.10 Å². The molecule has 3 heteroatoms. The van der Waals surface area contributed by atoms with Gasteiger partial charge in [-0.15, -0.1) is 0 Å². The van der Waals surface area contributed by atoms with Crippen LogP contribution < -0.4 is 0 Å². The van der Waals surface area contributed by atoms with Gasteiger partial charge in [0.25, 0.3) is 0 Å². The number of aromatic nitrogens is 1. The van der Waals surface area contributed by atoms with E-state index in [2.05, 4.69) is 20.9 Å². The molecule has 3 rings (SSSR count). The molecule has 0 radical (unpaired) electrons. The van der Waals surface area contributed by atoms with Crippen LogP contribution in [-0.4, -0.2) is 10.1 Å². The van der Waals surface area contributed by atoms with Crippen LogP contribution in [0.1, 0.15) is 22.8 Å². The van der Waals surface area contributed by atoms with E-state index in [1.54, 1.807) is 6.20 Å². The van der Waals surface area contributed by atoms with Crippen molar-refractivity contribution in [3.63, 3.8) is 0 Å². The third-order valence-corrected chi connectivity index (χ3v) is 4.16. The number of pyridine rings is 1. The summed E-state index contributed by atoms with van der Waals surface area (Å²) in [5, 5.41) is 12.8. The first-order valence-electron chi connectivity index (χ1n) is 6.43. The van der Waals surface area contributed by atoms with Crippen molar-refractivity contribution in [2.75, 3.05) is 0 Å². The van der Waals surface area contributed by atoms with Crippen LogP contribution in [0.3, 0.4) is 0 Å². The minimum absolute atomic E-state index is 0.692. The standard InChI is InChI=1S/C17H14BrNO/c1-11-6-7-16(18)14(8-11)17(20)15-10-19-9-12-4-2-3-5-13(12)15/h2-10,17,20H,1H3. The van der Waals surface area contributed by atoms with Gasteiger partial charge in [-0.25, -0.2) is 0 Å². The molecule has 0 aliphatic carbocycles. The van der Waals surface area contributed by atoms with E-state index < -0.39 is 6.10 Å². The summed E-state index contributed by atoms with van der Waals surface area (Å²) < 4.78 is 0.906. The maximum Gasteiger partial charge on any atom is 0.107 e. The maximum atomic E-state index is 10.7. The van der Waals surface area contributed by atoms with Crippen molar-refractivity contribution in [3.8, 4) is 0 Å². The first-order valence-corrected chi connectivity index (χ1v) is 7.23. The Bertz CT molecular complexity index is 765. The summed E-state index contributed by atoms with van der Waals surface area (Å²) in [6.45, 7) is 2.02. The maximum absolute atomic E-state index is 10.7. The normalized spacial score (nSPS) is 12.6. The van der Waals surface area contributed by atoms with Gasteiger partial charge >= 0.3 is 0 Å². The molecule has 1 heterocycles. The van der Waals surface area contributed by atoms with Crippen LogP contribution >= 0.6 is 15.9 Å². The predicted octanol–water partition coefficient (Wildman–Crippen LogP) is 4.39. The summed E-state index contributed by atoms with van der Waals surface area (Å²) in [5.74, 6) is 0. The number of aliphatic hydroxyl groups is 1. The molecule has 1 N–H and O–H groups in total. The van der Waals surface area contributed by atoms with Gasteiger partial charge in [-0.3, -0.25) is 4.98 Å². The first kappa shape index (κ1) is 13.3. The molecule has 20 heavy (non-hydrogen) atoms. The average Bonchev–Trinajstić information content (AvgIpc) is 2.48. The van der Waals surface area contributed by atoms with Crippen LogP contribution in [0, 0.1) is 6.92 Å². The Balaban J connectivity index is 2.17. The highest BCUT2D eigenvalue weighted by molar-refractivity contribution is 9.10. The fourth-order valence-electron chi connectivity index (χ4n) is 2.40. The molecule has 0 saturated heterocycles. The molecule has 2 nitrogen and oxygen atoms in total. The molecule has 2 aromatic carbocycles. The molecule has 0 amide bonds. The SMILES string of the molecule is Cc1ccc(Br)c(C(O)c2cncc3ccccc23)c1. The lowest BCUT2D eigenvalue weighted by molar-refractivity contribution is 0.220. The summed E-state index contributed by atoms with van der Waals surface area (Å²) in [6.07, 6.45) is 2.86. The zero-order valence-electron chi connectivity index (χ0n) is 11.0. The number of aliphatic hydroxyl groups excluding tert-OH is 1. The molecular weight excluding hydrogens is 314 g/mol. The van der Waals surface area contributed by atoms with E-state index in [1.165, 1.54) is 0 Å². The van der Waals surface area contributed by atoms with Gasteiger partial charge in [-0.1, -0.05) is 57.9 Å². The third kappa shape index (κ3) is 2.35. The lowest BCUT2D eigenvalue weighted by Crippen LogP contribution is -2.02. The second kappa shape index (κ2) is 5.35. The Hall–Kier alpha value is -1.71. The van der Waals surface area contributed by atoms with Crippen molar-refractivity contribution in [1.82, 2.24) is 4.98 Å². The number of hydrogen-bond acceptors (Lipinski definition) is 2. The fourth-order valence-corrected chi connectivity index (χ4v) is 2.86. The van der Waals surface area contributed by atoms with Gasteiger partial charge < -0.3 is 5.11 Å². The van der Waals surface area contributed by atoms with Crippen molar-refractivity contribution < 1.29 is 5.11 Å². The molecule has 100 valence electrons. The number of aryl methyl sites for hydroxylation is 1. The minimum Gasteiger partial charge on any atom is -0.384 e. The summed E-state index contributed by atoms with van der Waals surface area (Å²) in [5.41, 5.74) is 2.81. The van der Waals surface area contributed by atoms with Gasteiger partial charge in [-0.2, -0.15) is 0 Å². The second-order valence-corrected chi connectivity index (χ2v) is 5.73. The Labute approximate surface area is 126 Å². The lowest BCUT2D eigenvalue weighted by Gasteiger charge is -2.16. The molecule has 0 aliphatic heterocycles. The Morgan fingerprint density at radius 1 is 1.05 bits per heavy atom. The van der Waals surface area contributed by atoms with Gasteiger partial charge in [-0.05, 0) is 23.9 Å². The Kier molecular flexibility index (Phi) is 3.55. The molecule has 0 saturated carbocycles. The number of benzene rings is 2. The van der Waals surface area contributed by atoms with Crippen LogP contribution in [-0.2, 0) is 0 Å². The average molecular weight is 328 g/mol. The number of nitrogens with zero attached hydrogens (tertiary/aromatic N) is 1. The number of rotatable bonds is 2. The molecule has 0 bridgehead atoms. The van der Waals surface area contributed by atoms with E-state index in [9.17, 15) is 5.11 Å². The fraction of sp³-hybridized carbons (Fsp3) is 0.118. The zero-order chi connectivity index (χ0) is 14.1. The zero-order valence-corrected chi connectivity index (χ0v) is 12.6. The van der Waals surface area contributed by atoms with E-state index in [-0.39, 0.29) is 0 Å². The van der Waals surface area contributed by atoms with Gasteiger partial charge in [0.15, 0.2) is 0 Å². The largest absolute Gasteiger partial charge is 0.384 e. The summed E-state index contributed by atoms with van der Waals surface area (Å²) in [6, 6.07) is 13.9. The quantitative estimate of drug-likeness (QED) is 0.757. The molecule has 1 atom stereocenters. The number of fused-ring (bicyclic) bond motifs is 1. The van der Waals surface area contributed by atoms with Crippen molar-refractivity contribution in [2.45, 2.75) is 13.0 Å². The second-order valence-electron chi connectivity index (χ2n) is 4.88. The van der Waals surface area contributed by atoms with Crippen LogP contribution in [0.2, 0.25) is 0 Å². The highest BCUT2D eigenvalue weighted by Crippen LogP contribution is 2.32. The topological polar surface area (TPSA) is 33.1 Å². The molecular formula is C17H14BrNO. The van der Waals surface area contributed by atoms with E-state index in [4.69, 9.17) is 0 Å². The highest BCUT2D eigenvalue weighted by atomic mass is 79.9. The molecule has 0 spiro atoms. The highest BCUT2D eigenvalue weighted by Gasteiger charge is 2.16. The smallest absolute Gasteiger partial charge is 0.107 e. The number of halogens is 1. The van der Waals surface area contributed by atoms with E-state index in [0.717, 1.165) is 31.9 Å². The lowest BCUT2D eigenvalue weighted by atomic mass is 9.97. The van der Waals surface area contributed by atoms with Crippen molar-refractivity contribution in [3.05, 3.63) is 76.0 Å². The van der Waals surface area contributed by atoms with E-state index in [0.29, 0.717) is 0 Å². The van der Waals surface area contributed by atoms with Gasteiger partial charge in [0, 0.05) is 27.8 Å². The molecule has 0 aliphatic rings. The molecule has 3 aromatic rings. The van der Waals surface area contributed by atoms with Crippen LogP contribution in [0.5, 0.6) is 0 Å². The predicted molar refractivity (Wildman–Crippen MR) is 84.7 cm³/mol. The van der Waals surface area contributed by atoms with Gasteiger partial charge in [0.2, 0.25) is 0 Å². The van der Waals surface area contributed by atoms with Crippen molar-refractivity contribution in [1.29, 1.82) is 0 Å². The van der Waals surface area contributed by atoms with Crippen LogP contribution in [0.15, 0.2) is 59.3 Å². The third-order valence-electron chi connectivity index (χ3n) is 3.44. The van der Waals surface area contributed by atoms with Crippen LogP contribution in [0.4, 0.5) is 0 Å². The van der Waals surface area contributed by atoms with Crippen molar-refractivity contribution in [2.24, 2.45) is 0 Å². The summed E-state index contributed by atoms with van der Waals surface area (Å²) >= 11 is 3.51. The molecule has 1 aromatic heterocycles. The number of hydrogen-bond donors (Lipinski definition) is 1. The Morgan fingerprint density at radius 2 is 1.85 bits per heavy atom. The monoisotopic (exact) mass is 327 g/mol.